The Morgan fingerprint density at radius 2 is 1.87 bits per heavy atom. The van der Waals surface area contributed by atoms with Crippen molar-refractivity contribution in [2.75, 3.05) is 20.3 Å². The van der Waals surface area contributed by atoms with Crippen LogP contribution in [0.25, 0.3) is 0 Å². The van der Waals surface area contributed by atoms with E-state index < -0.39 is 6.04 Å². The summed E-state index contributed by atoms with van der Waals surface area (Å²) in [7, 11) is 1.62. The number of carbonyl (C=O) groups is 2. The lowest BCUT2D eigenvalue weighted by molar-refractivity contribution is -0.139. The SMILES string of the molecule is COc1ccc(CN(C(C)=O)[C@H](Cc2ccccc2)C(=O)NC[C@H]2CCCO2)cc1. The van der Waals surface area contributed by atoms with Gasteiger partial charge in [-0.1, -0.05) is 42.5 Å². The monoisotopic (exact) mass is 410 g/mol. The Labute approximate surface area is 178 Å². The average Bonchev–Trinajstić information content (AvgIpc) is 3.29. The van der Waals surface area contributed by atoms with Crippen LogP contribution in [0.2, 0.25) is 0 Å². The second-order valence-corrected chi connectivity index (χ2v) is 7.58. The zero-order valence-electron chi connectivity index (χ0n) is 17.7. The van der Waals surface area contributed by atoms with Crippen LogP contribution < -0.4 is 10.1 Å². The van der Waals surface area contributed by atoms with Gasteiger partial charge in [-0.2, -0.15) is 0 Å². The van der Waals surface area contributed by atoms with Crippen LogP contribution in [0.4, 0.5) is 0 Å². The highest BCUT2D eigenvalue weighted by Crippen LogP contribution is 2.18. The first-order valence-corrected chi connectivity index (χ1v) is 10.4. The Kier molecular flexibility index (Phi) is 7.85. The molecule has 0 unspecified atom stereocenters. The van der Waals surface area contributed by atoms with Crippen LogP contribution in [0.15, 0.2) is 54.6 Å². The van der Waals surface area contributed by atoms with Gasteiger partial charge in [0.05, 0.1) is 13.2 Å². The number of hydrogen-bond acceptors (Lipinski definition) is 4. The molecule has 30 heavy (non-hydrogen) atoms. The van der Waals surface area contributed by atoms with Crippen LogP contribution in [0, 0.1) is 0 Å². The van der Waals surface area contributed by atoms with Gasteiger partial charge >= 0.3 is 0 Å². The van der Waals surface area contributed by atoms with Gasteiger partial charge < -0.3 is 19.7 Å². The molecule has 3 rings (SSSR count). The number of amides is 2. The van der Waals surface area contributed by atoms with E-state index in [0.29, 0.717) is 19.5 Å². The van der Waals surface area contributed by atoms with Crippen LogP contribution in [0.1, 0.15) is 30.9 Å². The van der Waals surface area contributed by atoms with Crippen molar-refractivity contribution in [3.63, 3.8) is 0 Å². The van der Waals surface area contributed by atoms with Gasteiger partial charge in [-0.3, -0.25) is 9.59 Å². The fourth-order valence-electron chi connectivity index (χ4n) is 3.69. The normalized spacial score (nSPS) is 16.7. The van der Waals surface area contributed by atoms with Crippen molar-refractivity contribution < 1.29 is 19.1 Å². The van der Waals surface area contributed by atoms with Crippen LogP contribution in [0.5, 0.6) is 5.75 Å². The Balaban J connectivity index is 1.78. The quantitative estimate of drug-likeness (QED) is 0.690. The largest absolute Gasteiger partial charge is 0.497 e. The molecule has 6 heteroatoms. The molecule has 0 spiro atoms. The minimum absolute atomic E-state index is 0.0543. The molecule has 1 saturated heterocycles. The zero-order chi connectivity index (χ0) is 21.3. The molecule has 1 aliphatic rings. The first-order valence-electron chi connectivity index (χ1n) is 10.4. The predicted octanol–water partition coefficient (Wildman–Crippen LogP) is 2.95. The van der Waals surface area contributed by atoms with Gasteiger partial charge in [0.15, 0.2) is 0 Å². The third kappa shape index (κ3) is 6.07. The summed E-state index contributed by atoms with van der Waals surface area (Å²) >= 11 is 0. The van der Waals surface area contributed by atoms with Gasteiger partial charge in [0.2, 0.25) is 11.8 Å². The molecule has 0 bridgehead atoms. The topological polar surface area (TPSA) is 67.9 Å². The molecule has 1 heterocycles. The van der Waals surface area contributed by atoms with Crippen molar-refractivity contribution in [1.82, 2.24) is 10.2 Å². The number of carbonyl (C=O) groups excluding carboxylic acids is 2. The molecule has 1 N–H and O–H groups in total. The second kappa shape index (κ2) is 10.8. The zero-order valence-corrected chi connectivity index (χ0v) is 17.7. The Morgan fingerprint density at radius 1 is 1.13 bits per heavy atom. The number of nitrogens with one attached hydrogen (secondary N) is 1. The third-order valence-electron chi connectivity index (χ3n) is 5.40. The minimum Gasteiger partial charge on any atom is -0.497 e. The summed E-state index contributed by atoms with van der Waals surface area (Å²) in [6.45, 7) is 3.07. The summed E-state index contributed by atoms with van der Waals surface area (Å²) in [6, 6.07) is 16.7. The highest BCUT2D eigenvalue weighted by atomic mass is 16.5. The van der Waals surface area contributed by atoms with E-state index in [1.165, 1.54) is 6.92 Å². The van der Waals surface area contributed by atoms with Crippen molar-refractivity contribution in [2.24, 2.45) is 0 Å². The molecule has 0 aromatic heterocycles. The fraction of sp³-hybridized carbons (Fsp3) is 0.417. The number of ether oxygens (including phenoxy) is 2. The standard InChI is InChI=1S/C24H30N2O4/c1-18(27)26(17-20-10-12-21(29-2)13-11-20)23(15-19-7-4-3-5-8-19)24(28)25-16-22-9-6-14-30-22/h3-5,7-8,10-13,22-23H,6,9,14-17H2,1-2H3,(H,25,28)/t22-,23-/m1/s1. The number of nitrogens with zero attached hydrogens (tertiary/aromatic N) is 1. The molecule has 0 saturated carbocycles. The molecule has 1 fully saturated rings. The van der Waals surface area contributed by atoms with E-state index in [-0.39, 0.29) is 17.9 Å². The van der Waals surface area contributed by atoms with E-state index in [1.807, 2.05) is 54.6 Å². The highest BCUT2D eigenvalue weighted by Gasteiger charge is 2.29. The molecule has 160 valence electrons. The molecular weight excluding hydrogens is 380 g/mol. The molecule has 2 atom stereocenters. The first kappa shape index (κ1) is 21.8. The molecule has 2 aromatic carbocycles. The number of hydrogen-bond donors (Lipinski definition) is 1. The van der Waals surface area contributed by atoms with Crippen molar-refractivity contribution in [1.29, 1.82) is 0 Å². The molecule has 2 aromatic rings. The van der Waals surface area contributed by atoms with Gasteiger partial charge in [0, 0.05) is 33.0 Å². The predicted molar refractivity (Wildman–Crippen MR) is 115 cm³/mol. The van der Waals surface area contributed by atoms with E-state index >= 15 is 0 Å². The lowest BCUT2D eigenvalue weighted by atomic mass is 10.0. The van der Waals surface area contributed by atoms with E-state index in [2.05, 4.69) is 5.32 Å². The van der Waals surface area contributed by atoms with Crippen molar-refractivity contribution in [3.8, 4) is 5.75 Å². The summed E-state index contributed by atoms with van der Waals surface area (Å²) in [6.07, 6.45) is 2.48. The summed E-state index contributed by atoms with van der Waals surface area (Å²) < 4.78 is 10.8. The fourth-order valence-corrected chi connectivity index (χ4v) is 3.69. The summed E-state index contributed by atoms with van der Waals surface area (Å²) in [5, 5.41) is 3.01. The minimum atomic E-state index is -0.603. The van der Waals surface area contributed by atoms with Crippen LogP contribution in [-0.4, -0.2) is 49.1 Å². The molecule has 6 nitrogen and oxygen atoms in total. The Bertz CT molecular complexity index is 817. The van der Waals surface area contributed by atoms with Crippen molar-refractivity contribution in [3.05, 3.63) is 65.7 Å². The van der Waals surface area contributed by atoms with Crippen LogP contribution in [0.3, 0.4) is 0 Å². The molecular formula is C24H30N2O4. The maximum Gasteiger partial charge on any atom is 0.243 e. The van der Waals surface area contributed by atoms with Gasteiger partial charge in [-0.15, -0.1) is 0 Å². The maximum atomic E-state index is 13.2. The Hall–Kier alpha value is -2.86. The lowest BCUT2D eigenvalue weighted by Crippen LogP contribution is -2.51. The summed E-state index contributed by atoms with van der Waals surface area (Å²) in [4.78, 5) is 27.4. The number of benzene rings is 2. The third-order valence-corrected chi connectivity index (χ3v) is 5.40. The van der Waals surface area contributed by atoms with Gasteiger partial charge in [-0.05, 0) is 36.1 Å². The average molecular weight is 411 g/mol. The van der Waals surface area contributed by atoms with Crippen molar-refractivity contribution >= 4 is 11.8 Å². The van der Waals surface area contributed by atoms with Crippen LogP contribution >= 0.6 is 0 Å². The van der Waals surface area contributed by atoms with E-state index in [9.17, 15) is 9.59 Å². The van der Waals surface area contributed by atoms with E-state index in [0.717, 1.165) is 36.3 Å². The molecule has 0 aliphatic carbocycles. The van der Waals surface area contributed by atoms with Gasteiger partial charge in [0.25, 0.3) is 0 Å². The van der Waals surface area contributed by atoms with E-state index in [1.54, 1.807) is 12.0 Å². The van der Waals surface area contributed by atoms with E-state index in [4.69, 9.17) is 9.47 Å². The number of methoxy groups -OCH3 is 1. The van der Waals surface area contributed by atoms with Crippen molar-refractivity contribution in [2.45, 2.75) is 44.9 Å². The smallest absolute Gasteiger partial charge is 0.243 e. The summed E-state index contributed by atoms with van der Waals surface area (Å²) in [5.74, 6) is 0.459. The number of rotatable bonds is 9. The summed E-state index contributed by atoms with van der Waals surface area (Å²) in [5.41, 5.74) is 1.95. The second-order valence-electron chi connectivity index (χ2n) is 7.58. The highest BCUT2D eigenvalue weighted by molar-refractivity contribution is 5.87. The first-order chi connectivity index (χ1) is 14.6. The molecule has 1 aliphatic heterocycles. The maximum absolute atomic E-state index is 13.2. The molecule has 2 amide bonds. The Morgan fingerprint density at radius 3 is 2.47 bits per heavy atom. The lowest BCUT2D eigenvalue weighted by Gasteiger charge is -2.31. The van der Waals surface area contributed by atoms with Gasteiger partial charge in [-0.25, -0.2) is 0 Å². The molecule has 0 radical (unpaired) electrons. The van der Waals surface area contributed by atoms with Crippen LogP contribution in [-0.2, 0) is 27.3 Å². The van der Waals surface area contributed by atoms with Gasteiger partial charge in [0.1, 0.15) is 11.8 Å².